The van der Waals surface area contributed by atoms with Gasteiger partial charge in [0, 0.05) is 18.7 Å². The highest BCUT2D eigenvalue weighted by Gasteiger charge is 2.28. The zero-order valence-electron chi connectivity index (χ0n) is 11.7. The first-order chi connectivity index (χ1) is 9.59. The van der Waals surface area contributed by atoms with Crippen LogP contribution in [-0.2, 0) is 9.53 Å². The van der Waals surface area contributed by atoms with Crippen LogP contribution in [0.3, 0.4) is 0 Å². The van der Waals surface area contributed by atoms with E-state index in [1.807, 2.05) is 6.92 Å². The van der Waals surface area contributed by atoms with Gasteiger partial charge < -0.3 is 20.5 Å². The summed E-state index contributed by atoms with van der Waals surface area (Å²) in [6.45, 7) is 2.95. The second kappa shape index (κ2) is 8.29. The third-order valence-corrected chi connectivity index (χ3v) is 3.33. The normalized spacial score (nSPS) is 23.0. The molecule has 3 atom stereocenters. The van der Waals surface area contributed by atoms with Gasteiger partial charge in [0.25, 0.3) is 0 Å². The van der Waals surface area contributed by atoms with E-state index in [1.54, 1.807) is 12.1 Å². The molecule has 1 unspecified atom stereocenters. The number of nitrogens with one attached hydrogen (secondary N) is 2. The Kier molecular flexibility index (Phi) is 7.04. The van der Waals surface area contributed by atoms with Gasteiger partial charge in [-0.25, -0.2) is 4.39 Å². The zero-order chi connectivity index (χ0) is 14.5. The van der Waals surface area contributed by atoms with Crippen molar-refractivity contribution in [1.29, 1.82) is 0 Å². The number of benzene rings is 1. The second-order valence-electron chi connectivity index (χ2n) is 4.79. The summed E-state index contributed by atoms with van der Waals surface area (Å²) >= 11 is 0. The Bertz CT molecular complexity index is 475. The van der Waals surface area contributed by atoms with E-state index in [0.29, 0.717) is 13.2 Å². The van der Waals surface area contributed by atoms with Crippen LogP contribution in [0.15, 0.2) is 24.3 Å². The number of hydrogen-bond donors (Lipinski definition) is 3. The van der Waals surface area contributed by atoms with Crippen molar-refractivity contribution in [1.82, 2.24) is 10.6 Å². The monoisotopic (exact) mass is 318 g/mol. The Labute approximate surface area is 129 Å². The van der Waals surface area contributed by atoms with Gasteiger partial charge >= 0.3 is 0 Å². The predicted molar refractivity (Wildman–Crippen MR) is 78.8 cm³/mol. The fraction of sp³-hybridized carbons (Fsp3) is 0.500. The van der Waals surface area contributed by atoms with Gasteiger partial charge in [0.2, 0.25) is 5.91 Å². The van der Waals surface area contributed by atoms with Gasteiger partial charge in [0.1, 0.15) is 11.9 Å². The molecule has 21 heavy (non-hydrogen) atoms. The number of morpholine rings is 1. The van der Waals surface area contributed by atoms with Crippen LogP contribution in [0.4, 0.5) is 4.39 Å². The molecule has 0 saturated carbocycles. The van der Waals surface area contributed by atoms with Gasteiger partial charge in [-0.15, -0.1) is 12.4 Å². The SMILES string of the molecule is C[C@H]1OCCN[C@@H]1C(=O)NCC(O)c1ccccc1F.Cl. The first kappa shape index (κ1) is 17.8. The quantitative estimate of drug-likeness (QED) is 0.767. The average Bonchev–Trinajstić information content (AvgIpc) is 2.45. The first-order valence-corrected chi connectivity index (χ1v) is 6.65. The Morgan fingerprint density at radius 2 is 2.29 bits per heavy atom. The zero-order valence-corrected chi connectivity index (χ0v) is 12.5. The largest absolute Gasteiger partial charge is 0.386 e. The summed E-state index contributed by atoms with van der Waals surface area (Å²) in [6, 6.07) is 5.52. The van der Waals surface area contributed by atoms with Crippen LogP contribution in [0, 0.1) is 5.82 Å². The summed E-state index contributed by atoms with van der Waals surface area (Å²) in [5.41, 5.74) is 0.175. The molecule has 5 nitrogen and oxygen atoms in total. The van der Waals surface area contributed by atoms with E-state index < -0.39 is 18.0 Å². The summed E-state index contributed by atoms with van der Waals surface area (Å²) < 4.78 is 18.9. The van der Waals surface area contributed by atoms with E-state index in [4.69, 9.17) is 4.74 Å². The van der Waals surface area contributed by atoms with Gasteiger partial charge in [0.15, 0.2) is 0 Å². The summed E-state index contributed by atoms with van der Waals surface area (Å²) in [5, 5.41) is 15.6. The van der Waals surface area contributed by atoms with Crippen LogP contribution in [-0.4, -0.2) is 42.9 Å². The van der Waals surface area contributed by atoms with E-state index in [1.165, 1.54) is 12.1 Å². The molecule has 2 rings (SSSR count). The van der Waals surface area contributed by atoms with E-state index in [9.17, 15) is 14.3 Å². The highest BCUT2D eigenvalue weighted by molar-refractivity contribution is 5.85. The summed E-state index contributed by atoms with van der Waals surface area (Å²) in [7, 11) is 0. The molecule has 1 saturated heterocycles. The lowest BCUT2D eigenvalue weighted by Crippen LogP contribution is -2.55. The number of carbonyl (C=O) groups is 1. The second-order valence-corrected chi connectivity index (χ2v) is 4.79. The van der Waals surface area contributed by atoms with Crippen LogP contribution in [0.5, 0.6) is 0 Å². The summed E-state index contributed by atoms with van der Waals surface area (Å²) in [5.74, 6) is -0.741. The molecule has 1 aliphatic rings. The van der Waals surface area contributed by atoms with Gasteiger partial charge in [-0.2, -0.15) is 0 Å². The number of rotatable bonds is 4. The number of carbonyl (C=O) groups excluding carboxylic acids is 1. The Hall–Kier alpha value is -1.21. The smallest absolute Gasteiger partial charge is 0.239 e. The number of ether oxygens (including phenoxy) is 1. The number of aliphatic hydroxyl groups excluding tert-OH is 1. The van der Waals surface area contributed by atoms with Crippen LogP contribution in [0.25, 0.3) is 0 Å². The molecule has 118 valence electrons. The maximum atomic E-state index is 13.5. The molecule has 1 aliphatic heterocycles. The molecular weight excluding hydrogens is 299 g/mol. The maximum absolute atomic E-state index is 13.5. The average molecular weight is 319 g/mol. The van der Waals surface area contributed by atoms with E-state index in [2.05, 4.69) is 10.6 Å². The van der Waals surface area contributed by atoms with E-state index >= 15 is 0 Å². The van der Waals surface area contributed by atoms with Crippen LogP contribution >= 0.6 is 12.4 Å². The lowest BCUT2D eigenvalue weighted by Gasteiger charge is -2.29. The molecule has 0 aliphatic carbocycles. The maximum Gasteiger partial charge on any atom is 0.239 e. The minimum atomic E-state index is -1.07. The van der Waals surface area contributed by atoms with Crippen molar-refractivity contribution in [3.63, 3.8) is 0 Å². The van der Waals surface area contributed by atoms with Gasteiger partial charge in [-0.05, 0) is 13.0 Å². The third kappa shape index (κ3) is 4.64. The number of aliphatic hydroxyl groups is 1. The molecule has 1 amide bonds. The molecule has 1 fully saturated rings. The molecule has 0 aromatic heterocycles. The molecule has 1 heterocycles. The molecule has 0 spiro atoms. The first-order valence-electron chi connectivity index (χ1n) is 6.65. The van der Waals surface area contributed by atoms with Crippen LogP contribution in [0.2, 0.25) is 0 Å². The molecule has 3 N–H and O–H groups in total. The van der Waals surface area contributed by atoms with Gasteiger partial charge in [-0.1, -0.05) is 18.2 Å². The molecular formula is C14H20ClFN2O3. The molecule has 0 bridgehead atoms. The van der Waals surface area contributed by atoms with Crippen molar-refractivity contribution in [3.8, 4) is 0 Å². The fourth-order valence-corrected chi connectivity index (χ4v) is 2.19. The standard InChI is InChI=1S/C14H19FN2O3.ClH/c1-9-13(16-6-7-20-9)14(19)17-8-12(18)10-4-2-3-5-11(10)15;/h2-5,9,12-13,16,18H,6-8H2,1H3,(H,17,19);1H/t9-,12?,13+;/m1./s1. The third-order valence-electron chi connectivity index (χ3n) is 3.33. The van der Waals surface area contributed by atoms with Crippen molar-refractivity contribution in [2.24, 2.45) is 0 Å². The highest BCUT2D eigenvalue weighted by atomic mass is 35.5. The van der Waals surface area contributed by atoms with Crippen LogP contribution < -0.4 is 10.6 Å². The topological polar surface area (TPSA) is 70.6 Å². The van der Waals surface area contributed by atoms with Crippen molar-refractivity contribution >= 4 is 18.3 Å². The Morgan fingerprint density at radius 3 is 2.95 bits per heavy atom. The lowest BCUT2D eigenvalue weighted by molar-refractivity contribution is -0.129. The summed E-state index contributed by atoms with van der Waals surface area (Å²) in [6.07, 6.45) is -1.30. The van der Waals surface area contributed by atoms with E-state index in [-0.39, 0.29) is 36.5 Å². The molecule has 7 heteroatoms. The van der Waals surface area contributed by atoms with Gasteiger partial charge in [-0.3, -0.25) is 4.79 Å². The minimum Gasteiger partial charge on any atom is -0.386 e. The van der Waals surface area contributed by atoms with Gasteiger partial charge in [0.05, 0.1) is 18.8 Å². The number of halogens is 2. The van der Waals surface area contributed by atoms with Crippen molar-refractivity contribution in [2.75, 3.05) is 19.7 Å². The van der Waals surface area contributed by atoms with Crippen molar-refractivity contribution in [3.05, 3.63) is 35.6 Å². The predicted octanol–water partition coefficient (Wildman–Crippen LogP) is 0.774. The Balaban J connectivity index is 0.00000220. The van der Waals surface area contributed by atoms with Crippen molar-refractivity contribution in [2.45, 2.75) is 25.2 Å². The van der Waals surface area contributed by atoms with Crippen LogP contribution in [0.1, 0.15) is 18.6 Å². The number of hydrogen-bond acceptors (Lipinski definition) is 4. The molecule has 0 radical (unpaired) electrons. The highest BCUT2D eigenvalue weighted by Crippen LogP contribution is 2.15. The van der Waals surface area contributed by atoms with Crippen molar-refractivity contribution < 1.29 is 19.0 Å². The fourth-order valence-electron chi connectivity index (χ4n) is 2.19. The number of amides is 1. The summed E-state index contributed by atoms with van der Waals surface area (Å²) in [4.78, 5) is 12.0. The lowest BCUT2D eigenvalue weighted by atomic mass is 10.1. The Morgan fingerprint density at radius 1 is 1.57 bits per heavy atom. The van der Waals surface area contributed by atoms with E-state index in [0.717, 1.165) is 0 Å². The minimum absolute atomic E-state index is 0. The molecule has 1 aromatic rings. The molecule has 1 aromatic carbocycles.